The molecular formula is C25H32ClN3O4S. The molecule has 1 amide bonds. The molecule has 2 fully saturated rings. The van der Waals surface area contributed by atoms with E-state index in [-0.39, 0.29) is 24.1 Å². The van der Waals surface area contributed by atoms with Crippen LogP contribution >= 0.6 is 11.6 Å². The van der Waals surface area contributed by atoms with Crippen molar-refractivity contribution >= 4 is 27.5 Å². The minimum Gasteiger partial charge on any atom is -0.379 e. The lowest BCUT2D eigenvalue weighted by Gasteiger charge is -2.31. The van der Waals surface area contributed by atoms with Crippen LogP contribution in [0.4, 0.5) is 0 Å². The first-order valence-electron chi connectivity index (χ1n) is 11.8. The molecule has 2 aliphatic heterocycles. The summed E-state index contributed by atoms with van der Waals surface area (Å²) in [4.78, 5) is 15.2. The molecule has 2 saturated heterocycles. The topological polar surface area (TPSA) is 79.0 Å². The van der Waals surface area contributed by atoms with Gasteiger partial charge < -0.3 is 10.1 Å². The molecular weight excluding hydrogens is 474 g/mol. The average molecular weight is 506 g/mol. The first kappa shape index (κ1) is 25.1. The Morgan fingerprint density at radius 3 is 2.50 bits per heavy atom. The van der Waals surface area contributed by atoms with E-state index in [1.807, 2.05) is 12.1 Å². The van der Waals surface area contributed by atoms with Gasteiger partial charge in [0.1, 0.15) is 0 Å². The van der Waals surface area contributed by atoms with Crippen LogP contribution in [-0.2, 0) is 38.4 Å². The first-order chi connectivity index (χ1) is 16.4. The Morgan fingerprint density at radius 1 is 1.03 bits per heavy atom. The molecule has 0 saturated carbocycles. The molecule has 0 spiro atoms. The number of morpholine rings is 1. The van der Waals surface area contributed by atoms with Crippen molar-refractivity contribution in [2.45, 2.75) is 31.7 Å². The molecule has 1 N–H and O–H groups in total. The van der Waals surface area contributed by atoms with Gasteiger partial charge in [-0.1, -0.05) is 48.0 Å². The second-order valence-corrected chi connectivity index (χ2v) is 11.4. The predicted octanol–water partition coefficient (Wildman–Crippen LogP) is 3.03. The zero-order valence-electron chi connectivity index (χ0n) is 19.3. The molecule has 2 aromatic carbocycles. The maximum Gasteiger partial charge on any atom is 0.224 e. The summed E-state index contributed by atoms with van der Waals surface area (Å²) in [6.07, 6.45) is 1.36. The number of carbonyl (C=O) groups is 1. The first-order valence-corrected chi connectivity index (χ1v) is 13.8. The molecule has 1 atom stereocenters. The smallest absolute Gasteiger partial charge is 0.224 e. The number of halogens is 1. The van der Waals surface area contributed by atoms with Gasteiger partial charge in [0.15, 0.2) is 0 Å². The third kappa shape index (κ3) is 7.02. The minimum absolute atomic E-state index is 0.0972. The summed E-state index contributed by atoms with van der Waals surface area (Å²) in [5.41, 5.74) is 2.92. The quantitative estimate of drug-likeness (QED) is 0.596. The van der Waals surface area contributed by atoms with Gasteiger partial charge in [-0.15, -0.1) is 0 Å². The van der Waals surface area contributed by atoms with Gasteiger partial charge in [-0.25, -0.2) is 12.7 Å². The van der Waals surface area contributed by atoms with Gasteiger partial charge in [-0.2, -0.15) is 0 Å². The molecule has 184 valence electrons. The highest BCUT2D eigenvalue weighted by molar-refractivity contribution is 7.88. The van der Waals surface area contributed by atoms with Gasteiger partial charge in [0.05, 0.1) is 24.9 Å². The number of hydrogen-bond donors (Lipinski definition) is 1. The largest absolute Gasteiger partial charge is 0.379 e. The zero-order valence-corrected chi connectivity index (χ0v) is 20.9. The van der Waals surface area contributed by atoms with Crippen LogP contribution in [0, 0.1) is 5.92 Å². The number of nitrogens with zero attached hydrogens (tertiary/aromatic N) is 2. The number of ether oxygens (including phenoxy) is 1. The summed E-state index contributed by atoms with van der Waals surface area (Å²) in [6, 6.07) is 15.2. The number of nitrogens with one attached hydrogen (secondary N) is 1. The Labute approximate surface area is 207 Å². The summed E-state index contributed by atoms with van der Waals surface area (Å²) in [5, 5.41) is 3.51. The van der Waals surface area contributed by atoms with Crippen LogP contribution in [-0.4, -0.2) is 62.9 Å². The van der Waals surface area contributed by atoms with Crippen molar-refractivity contribution < 1.29 is 17.9 Å². The highest BCUT2D eigenvalue weighted by Crippen LogP contribution is 2.23. The summed E-state index contributed by atoms with van der Waals surface area (Å²) in [5.74, 6) is -0.554. The number of benzene rings is 2. The van der Waals surface area contributed by atoms with Crippen molar-refractivity contribution in [1.29, 1.82) is 0 Å². The molecule has 9 heteroatoms. The molecule has 4 rings (SSSR count). The Kier molecular flexibility index (Phi) is 8.60. The van der Waals surface area contributed by atoms with Crippen molar-refractivity contribution in [3.8, 4) is 0 Å². The third-order valence-electron chi connectivity index (χ3n) is 6.39. The average Bonchev–Trinajstić information content (AvgIpc) is 2.84. The van der Waals surface area contributed by atoms with E-state index in [9.17, 15) is 13.2 Å². The Hall–Kier alpha value is -1.97. The molecule has 2 heterocycles. The van der Waals surface area contributed by atoms with E-state index in [1.165, 1.54) is 9.87 Å². The van der Waals surface area contributed by atoms with Crippen LogP contribution in [0.1, 0.15) is 29.5 Å². The highest BCUT2D eigenvalue weighted by Gasteiger charge is 2.32. The monoisotopic (exact) mass is 505 g/mol. The van der Waals surface area contributed by atoms with Gasteiger partial charge >= 0.3 is 0 Å². The molecule has 7 nitrogen and oxygen atoms in total. The van der Waals surface area contributed by atoms with Crippen LogP contribution in [0.2, 0.25) is 5.02 Å². The summed E-state index contributed by atoms with van der Waals surface area (Å²) < 4.78 is 32.7. The van der Waals surface area contributed by atoms with Gasteiger partial charge in [0, 0.05) is 44.3 Å². The van der Waals surface area contributed by atoms with Gasteiger partial charge in [-0.3, -0.25) is 9.69 Å². The predicted molar refractivity (Wildman–Crippen MR) is 133 cm³/mol. The SMILES string of the molecule is O=C(NCc1ccc(CN2CCOCC2)cc1)[C@H]1CCCN(S(=O)(=O)Cc2cccc(Cl)c2)C1. The molecule has 2 aromatic rings. The van der Waals surface area contributed by atoms with Gasteiger partial charge in [0.2, 0.25) is 15.9 Å². The Balaban J connectivity index is 1.27. The van der Waals surface area contributed by atoms with Crippen molar-refractivity contribution in [1.82, 2.24) is 14.5 Å². The van der Waals surface area contributed by atoms with E-state index in [0.717, 1.165) is 38.4 Å². The summed E-state index contributed by atoms with van der Waals surface area (Å²) in [7, 11) is -3.52. The maximum absolute atomic E-state index is 12.9. The summed E-state index contributed by atoms with van der Waals surface area (Å²) >= 11 is 5.99. The van der Waals surface area contributed by atoms with Crippen LogP contribution in [0.5, 0.6) is 0 Å². The fourth-order valence-electron chi connectivity index (χ4n) is 4.45. The van der Waals surface area contributed by atoms with Crippen molar-refractivity contribution in [2.75, 3.05) is 39.4 Å². The van der Waals surface area contributed by atoms with Gasteiger partial charge in [-0.05, 0) is 41.7 Å². The van der Waals surface area contributed by atoms with Crippen LogP contribution in [0.3, 0.4) is 0 Å². The Morgan fingerprint density at radius 2 is 1.76 bits per heavy atom. The molecule has 0 radical (unpaired) electrons. The number of piperidine rings is 1. The lowest BCUT2D eigenvalue weighted by Crippen LogP contribution is -2.45. The van der Waals surface area contributed by atoms with Crippen LogP contribution in [0.25, 0.3) is 0 Å². The van der Waals surface area contributed by atoms with Crippen molar-refractivity contribution in [3.05, 3.63) is 70.2 Å². The van der Waals surface area contributed by atoms with E-state index in [0.29, 0.717) is 36.5 Å². The standard InChI is InChI=1S/C25H32ClN3O4S/c26-24-5-1-3-22(15-24)19-34(31,32)29-10-2-4-23(18-29)25(30)27-16-20-6-8-21(9-7-20)17-28-11-13-33-14-12-28/h1,3,5-9,15,23H,2,4,10-14,16-19H2,(H,27,30)/t23-/m0/s1. The van der Waals surface area contributed by atoms with E-state index in [2.05, 4.69) is 22.3 Å². The lowest BCUT2D eigenvalue weighted by atomic mass is 9.98. The number of amides is 1. The normalized spacial score (nSPS) is 20.2. The fraction of sp³-hybridized carbons (Fsp3) is 0.480. The number of sulfonamides is 1. The lowest BCUT2D eigenvalue weighted by molar-refractivity contribution is -0.126. The van der Waals surface area contributed by atoms with E-state index in [1.54, 1.807) is 24.3 Å². The molecule has 0 unspecified atom stereocenters. The van der Waals surface area contributed by atoms with Gasteiger partial charge in [0.25, 0.3) is 0 Å². The minimum atomic E-state index is -3.52. The number of hydrogen-bond acceptors (Lipinski definition) is 5. The molecule has 0 aliphatic carbocycles. The second-order valence-electron chi connectivity index (χ2n) is 9.01. The second kappa shape index (κ2) is 11.6. The van der Waals surface area contributed by atoms with E-state index >= 15 is 0 Å². The maximum atomic E-state index is 12.9. The van der Waals surface area contributed by atoms with Crippen LogP contribution in [0.15, 0.2) is 48.5 Å². The molecule has 2 aliphatic rings. The number of rotatable bonds is 8. The third-order valence-corrected chi connectivity index (χ3v) is 8.44. The Bertz CT molecular complexity index is 1070. The van der Waals surface area contributed by atoms with Crippen molar-refractivity contribution in [3.63, 3.8) is 0 Å². The highest BCUT2D eigenvalue weighted by atomic mass is 35.5. The van der Waals surface area contributed by atoms with Crippen molar-refractivity contribution in [2.24, 2.45) is 5.92 Å². The molecule has 0 aromatic heterocycles. The fourth-order valence-corrected chi connectivity index (χ4v) is 6.26. The van der Waals surface area contributed by atoms with E-state index < -0.39 is 10.0 Å². The van der Waals surface area contributed by atoms with Crippen LogP contribution < -0.4 is 5.32 Å². The molecule has 34 heavy (non-hydrogen) atoms. The van der Waals surface area contributed by atoms with E-state index in [4.69, 9.17) is 16.3 Å². The molecule has 0 bridgehead atoms. The summed E-state index contributed by atoms with van der Waals surface area (Å²) in [6.45, 7) is 5.45. The number of carbonyl (C=O) groups excluding carboxylic acids is 1. The zero-order chi connectivity index (χ0) is 24.0.